The second-order valence-corrected chi connectivity index (χ2v) is 5.08. The van der Waals surface area contributed by atoms with Crippen molar-refractivity contribution in [1.82, 2.24) is 4.90 Å². The van der Waals surface area contributed by atoms with Crippen molar-refractivity contribution in [2.75, 3.05) is 32.8 Å². The second kappa shape index (κ2) is 9.44. The first-order valence-electron chi connectivity index (χ1n) is 6.77. The Kier molecular flexibility index (Phi) is 9.11. The first-order chi connectivity index (χ1) is 8.05. The van der Waals surface area contributed by atoms with Gasteiger partial charge in [-0.05, 0) is 46.7 Å². The van der Waals surface area contributed by atoms with Gasteiger partial charge in [0.1, 0.15) is 0 Å². The van der Waals surface area contributed by atoms with Crippen LogP contribution in [0.3, 0.4) is 0 Å². The molecule has 0 rings (SSSR count). The summed E-state index contributed by atoms with van der Waals surface area (Å²) >= 11 is 0. The molecule has 0 aromatic carbocycles. The molecule has 0 atom stereocenters. The van der Waals surface area contributed by atoms with E-state index < -0.39 is 0 Å². The van der Waals surface area contributed by atoms with Gasteiger partial charge in [-0.25, -0.2) is 0 Å². The van der Waals surface area contributed by atoms with E-state index >= 15 is 0 Å². The zero-order chi connectivity index (χ0) is 13.1. The Morgan fingerprint density at radius 2 is 1.88 bits per heavy atom. The highest BCUT2D eigenvalue weighted by Gasteiger charge is 2.15. The number of rotatable bonds is 10. The van der Waals surface area contributed by atoms with Gasteiger partial charge in [0.25, 0.3) is 0 Å². The molecule has 0 aromatic heterocycles. The number of hydrogen-bond donors (Lipinski definition) is 0. The summed E-state index contributed by atoms with van der Waals surface area (Å²) in [4.78, 5) is 2.41. The highest BCUT2D eigenvalue weighted by atomic mass is 16.5. The van der Waals surface area contributed by atoms with E-state index in [0.717, 1.165) is 45.7 Å². The molecule has 0 unspecified atom stereocenters. The number of likely N-dealkylation sites (N-methyl/N-ethyl adjacent to an activating group) is 1. The van der Waals surface area contributed by atoms with Crippen molar-refractivity contribution in [3.05, 3.63) is 0 Å². The molecule has 0 amide bonds. The molecule has 0 aromatic rings. The fraction of sp³-hybridized carbons (Fsp3) is 0.929. The van der Waals surface area contributed by atoms with Gasteiger partial charge in [0.15, 0.2) is 0 Å². The Hall–Kier alpha value is -0.590. The average Bonchev–Trinajstić information content (AvgIpc) is 2.32. The van der Waals surface area contributed by atoms with E-state index in [1.165, 1.54) is 6.42 Å². The van der Waals surface area contributed by atoms with Crippen LogP contribution in [0.15, 0.2) is 0 Å². The number of nitriles is 1. The summed E-state index contributed by atoms with van der Waals surface area (Å²) < 4.78 is 5.36. The van der Waals surface area contributed by atoms with E-state index in [9.17, 15) is 0 Å². The molecule has 0 radical (unpaired) electrons. The van der Waals surface area contributed by atoms with Crippen LogP contribution in [0.2, 0.25) is 0 Å². The van der Waals surface area contributed by atoms with Crippen molar-refractivity contribution >= 4 is 0 Å². The summed E-state index contributed by atoms with van der Waals surface area (Å²) in [7, 11) is 0. The third kappa shape index (κ3) is 9.14. The maximum absolute atomic E-state index is 8.92. The predicted octanol–water partition coefficient (Wildman–Crippen LogP) is 3.06. The lowest BCUT2D eigenvalue weighted by Crippen LogP contribution is -2.28. The topological polar surface area (TPSA) is 36.3 Å². The number of nitrogens with zero attached hydrogens (tertiary/aromatic N) is 2. The highest BCUT2D eigenvalue weighted by molar-refractivity contribution is 4.91. The molecule has 100 valence electrons. The first kappa shape index (κ1) is 16.4. The van der Waals surface area contributed by atoms with Gasteiger partial charge in [-0.3, -0.25) is 0 Å². The van der Waals surface area contributed by atoms with Gasteiger partial charge in [0.2, 0.25) is 0 Å². The zero-order valence-electron chi connectivity index (χ0n) is 12.0. The van der Waals surface area contributed by atoms with Crippen molar-refractivity contribution in [1.29, 1.82) is 5.26 Å². The third-order valence-electron chi connectivity index (χ3n) is 3.03. The smallest absolute Gasteiger partial charge is 0.0683 e. The lowest BCUT2D eigenvalue weighted by atomic mass is 9.89. The Bertz CT molecular complexity index is 221. The molecule has 0 aliphatic carbocycles. The lowest BCUT2D eigenvalue weighted by Gasteiger charge is -2.21. The average molecular weight is 240 g/mol. The second-order valence-electron chi connectivity index (χ2n) is 5.08. The Morgan fingerprint density at radius 3 is 2.41 bits per heavy atom. The van der Waals surface area contributed by atoms with Crippen LogP contribution in [0.25, 0.3) is 0 Å². The summed E-state index contributed by atoms with van der Waals surface area (Å²) in [6.07, 6.45) is 3.29. The maximum atomic E-state index is 8.92. The van der Waals surface area contributed by atoms with Crippen LogP contribution in [0.5, 0.6) is 0 Å². The van der Waals surface area contributed by atoms with Crippen molar-refractivity contribution in [2.24, 2.45) is 5.41 Å². The van der Waals surface area contributed by atoms with Crippen LogP contribution in [0.4, 0.5) is 0 Å². The van der Waals surface area contributed by atoms with Gasteiger partial charge in [-0.2, -0.15) is 5.26 Å². The number of ether oxygens (including phenoxy) is 1. The van der Waals surface area contributed by atoms with Crippen molar-refractivity contribution in [3.63, 3.8) is 0 Å². The van der Waals surface area contributed by atoms with E-state index in [1.54, 1.807) is 0 Å². The molecule has 0 saturated carbocycles. The van der Waals surface area contributed by atoms with Crippen LogP contribution in [0, 0.1) is 16.7 Å². The first-order valence-corrected chi connectivity index (χ1v) is 6.77. The van der Waals surface area contributed by atoms with E-state index in [4.69, 9.17) is 10.00 Å². The molecule has 0 aliphatic heterocycles. The molecule has 0 aliphatic rings. The normalized spacial score (nSPS) is 11.8. The van der Waals surface area contributed by atoms with Crippen molar-refractivity contribution < 1.29 is 4.74 Å². The molecule has 0 N–H and O–H groups in total. The molecular formula is C14H28N2O. The zero-order valence-corrected chi connectivity index (χ0v) is 12.0. The number of hydrogen-bond acceptors (Lipinski definition) is 3. The molecule has 0 fully saturated rings. The molecule has 0 heterocycles. The van der Waals surface area contributed by atoms with Crippen LogP contribution < -0.4 is 0 Å². The van der Waals surface area contributed by atoms with Crippen molar-refractivity contribution in [2.45, 2.75) is 47.0 Å². The predicted molar refractivity (Wildman–Crippen MR) is 71.9 cm³/mol. The van der Waals surface area contributed by atoms with Crippen LogP contribution in [0.1, 0.15) is 47.0 Å². The summed E-state index contributed by atoms with van der Waals surface area (Å²) in [6.45, 7) is 13.1. The van der Waals surface area contributed by atoms with E-state index in [2.05, 4.69) is 17.9 Å². The van der Waals surface area contributed by atoms with Gasteiger partial charge in [-0.15, -0.1) is 0 Å². The van der Waals surface area contributed by atoms with Crippen LogP contribution >= 0.6 is 0 Å². The molecule has 17 heavy (non-hydrogen) atoms. The third-order valence-corrected chi connectivity index (χ3v) is 3.03. The van der Waals surface area contributed by atoms with Crippen molar-refractivity contribution in [3.8, 4) is 6.07 Å². The molecule has 3 nitrogen and oxygen atoms in total. The van der Waals surface area contributed by atoms with Crippen LogP contribution in [-0.4, -0.2) is 37.7 Å². The Labute approximate surface area is 107 Å². The summed E-state index contributed by atoms with van der Waals surface area (Å²) in [5.41, 5.74) is -0.164. The fourth-order valence-corrected chi connectivity index (χ4v) is 1.72. The largest absolute Gasteiger partial charge is 0.380 e. The van der Waals surface area contributed by atoms with Gasteiger partial charge in [-0.1, -0.05) is 13.3 Å². The quantitative estimate of drug-likeness (QED) is 0.551. The SMILES string of the molecule is CCOCCN(CC)CCCCC(C)(C)C#N. The minimum absolute atomic E-state index is 0.164. The van der Waals surface area contributed by atoms with E-state index in [0.29, 0.717) is 0 Å². The Balaban J connectivity index is 3.60. The summed E-state index contributed by atoms with van der Waals surface area (Å²) in [6, 6.07) is 2.35. The van der Waals surface area contributed by atoms with Gasteiger partial charge >= 0.3 is 0 Å². The molecule has 0 spiro atoms. The molecular weight excluding hydrogens is 212 g/mol. The summed E-state index contributed by atoms with van der Waals surface area (Å²) in [5, 5.41) is 8.92. The van der Waals surface area contributed by atoms with Gasteiger partial charge < -0.3 is 9.64 Å². The Morgan fingerprint density at radius 1 is 1.18 bits per heavy atom. The fourth-order valence-electron chi connectivity index (χ4n) is 1.72. The van der Waals surface area contributed by atoms with Gasteiger partial charge in [0.05, 0.1) is 18.1 Å². The van der Waals surface area contributed by atoms with Gasteiger partial charge in [0, 0.05) is 13.2 Å². The minimum Gasteiger partial charge on any atom is -0.380 e. The monoisotopic (exact) mass is 240 g/mol. The summed E-state index contributed by atoms with van der Waals surface area (Å²) in [5.74, 6) is 0. The standard InChI is InChI=1S/C14H28N2O/c1-5-16(11-12-17-6-2)10-8-7-9-14(3,4)13-15/h5-12H2,1-4H3. The number of unbranched alkanes of at least 4 members (excludes halogenated alkanes) is 1. The minimum atomic E-state index is -0.164. The molecule has 3 heteroatoms. The van der Waals surface area contributed by atoms with Crippen LogP contribution in [-0.2, 0) is 4.74 Å². The highest BCUT2D eigenvalue weighted by Crippen LogP contribution is 2.21. The molecule has 0 bridgehead atoms. The maximum Gasteiger partial charge on any atom is 0.0683 e. The van der Waals surface area contributed by atoms with E-state index in [1.807, 2.05) is 20.8 Å². The lowest BCUT2D eigenvalue weighted by molar-refractivity contribution is 0.114. The van der Waals surface area contributed by atoms with E-state index in [-0.39, 0.29) is 5.41 Å². The molecule has 0 saturated heterocycles.